The van der Waals surface area contributed by atoms with Crippen LogP contribution in [0.4, 0.5) is 0 Å². The van der Waals surface area contributed by atoms with Crippen LogP contribution in [0.2, 0.25) is 0 Å². The van der Waals surface area contributed by atoms with Crippen LogP contribution < -0.4 is 4.74 Å². The van der Waals surface area contributed by atoms with E-state index in [1.54, 1.807) is 0 Å². The lowest BCUT2D eigenvalue weighted by Gasteiger charge is -2.40. The molecule has 1 heterocycles. The molecular formula is C20H33NO2. The highest BCUT2D eigenvalue weighted by atomic mass is 16.5. The predicted octanol–water partition coefficient (Wildman–Crippen LogP) is 4.12. The normalized spacial score (nSPS) is 24.0. The molecule has 130 valence electrons. The van der Waals surface area contributed by atoms with Crippen molar-refractivity contribution in [1.82, 2.24) is 4.90 Å². The number of ether oxygens (including phenoxy) is 1. The van der Waals surface area contributed by atoms with Gasteiger partial charge in [-0.15, -0.1) is 0 Å². The summed E-state index contributed by atoms with van der Waals surface area (Å²) in [6, 6.07) is 7.34. The highest BCUT2D eigenvalue weighted by Gasteiger charge is 2.26. The molecule has 0 radical (unpaired) electrons. The van der Waals surface area contributed by atoms with Gasteiger partial charge in [0.05, 0.1) is 0 Å². The topological polar surface area (TPSA) is 32.7 Å². The third-order valence-electron chi connectivity index (χ3n) is 5.10. The van der Waals surface area contributed by atoms with E-state index in [9.17, 15) is 5.11 Å². The Morgan fingerprint density at radius 3 is 2.43 bits per heavy atom. The molecule has 0 saturated carbocycles. The fraction of sp³-hybridized carbons (Fsp3) is 0.700. The van der Waals surface area contributed by atoms with Gasteiger partial charge in [0.15, 0.2) is 0 Å². The molecule has 1 aliphatic rings. The van der Waals surface area contributed by atoms with Crippen LogP contribution in [0.1, 0.15) is 64.0 Å². The van der Waals surface area contributed by atoms with Gasteiger partial charge in [-0.1, -0.05) is 26.3 Å². The molecule has 1 N–H and O–H groups in total. The first-order valence-corrected chi connectivity index (χ1v) is 9.05. The van der Waals surface area contributed by atoms with Crippen LogP contribution in [0.5, 0.6) is 5.75 Å². The van der Waals surface area contributed by atoms with Crippen molar-refractivity contribution in [3.8, 4) is 5.75 Å². The van der Waals surface area contributed by atoms with Crippen molar-refractivity contribution < 1.29 is 9.84 Å². The van der Waals surface area contributed by atoms with Crippen molar-refractivity contribution in [2.45, 2.75) is 78.0 Å². The van der Waals surface area contributed by atoms with Crippen LogP contribution >= 0.6 is 0 Å². The van der Waals surface area contributed by atoms with Crippen molar-refractivity contribution >= 4 is 0 Å². The Hall–Kier alpha value is -1.06. The molecule has 0 spiro atoms. The third kappa shape index (κ3) is 4.95. The molecule has 1 aromatic carbocycles. The van der Waals surface area contributed by atoms with Crippen molar-refractivity contribution in [2.75, 3.05) is 13.2 Å². The molecule has 0 unspecified atom stereocenters. The molecule has 1 fully saturated rings. The molecule has 23 heavy (non-hydrogen) atoms. The number of piperidine rings is 1. The van der Waals surface area contributed by atoms with E-state index in [4.69, 9.17) is 4.74 Å². The minimum Gasteiger partial charge on any atom is -0.491 e. The number of β-amino-alcohol motifs (C(OH)–C–C–N with tert-alkyl or cyclic N) is 1. The molecule has 1 saturated heterocycles. The van der Waals surface area contributed by atoms with Crippen LogP contribution in [-0.4, -0.2) is 41.3 Å². The lowest BCUT2D eigenvalue weighted by molar-refractivity contribution is 0.0209. The highest BCUT2D eigenvalue weighted by Crippen LogP contribution is 2.24. The van der Waals surface area contributed by atoms with E-state index >= 15 is 0 Å². The molecule has 3 nitrogen and oxygen atoms in total. The zero-order valence-electron chi connectivity index (χ0n) is 15.4. The molecule has 1 aliphatic heterocycles. The van der Waals surface area contributed by atoms with Crippen LogP contribution in [-0.2, 0) is 0 Å². The van der Waals surface area contributed by atoms with Gasteiger partial charge in [-0.2, -0.15) is 0 Å². The second-order valence-electron chi connectivity index (χ2n) is 7.46. The zero-order chi connectivity index (χ0) is 17.0. The van der Waals surface area contributed by atoms with E-state index in [0.717, 1.165) is 5.75 Å². The summed E-state index contributed by atoms with van der Waals surface area (Å²) in [6.07, 6.45) is 3.32. The Morgan fingerprint density at radius 1 is 1.22 bits per heavy atom. The number of hydrogen-bond donors (Lipinski definition) is 1. The van der Waals surface area contributed by atoms with Gasteiger partial charge in [0.25, 0.3) is 0 Å². The van der Waals surface area contributed by atoms with Gasteiger partial charge >= 0.3 is 0 Å². The number of nitrogens with zero attached hydrogens (tertiary/aromatic N) is 1. The molecule has 3 heteroatoms. The van der Waals surface area contributed by atoms with E-state index in [0.29, 0.717) is 31.2 Å². The van der Waals surface area contributed by atoms with Crippen molar-refractivity contribution in [3.05, 3.63) is 29.3 Å². The molecule has 2 rings (SSSR count). The minimum atomic E-state index is -0.442. The maximum Gasteiger partial charge on any atom is 0.119 e. The molecule has 0 amide bonds. The predicted molar refractivity (Wildman–Crippen MR) is 96.3 cm³/mol. The smallest absolute Gasteiger partial charge is 0.119 e. The van der Waals surface area contributed by atoms with E-state index in [1.165, 1.54) is 30.4 Å². The first-order valence-electron chi connectivity index (χ1n) is 9.05. The Kier molecular flexibility index (Phi) is 6.49. The summed E-state index contributed by atoms with van der Waals surface area (Å²) in [4.78, 5) is 2.42. The lowest BCUT2D eigenvalue weighted by atomic mass is 9.97. The number of hydrogen-bond acceptors (Lipinski definition) is 3. The van der Waals surface area contributed by atoms with Crippen LogP contribution in [0.15, 0.2) is 18.2 Å². The first-order chi connectivity index (χ1) is 10.9. The Morgan fingerprint density at radius 2 is 1.87 bits per heavy atom. The van der Waals surface area contributed by atoms with Crippen molar-refractivity contribution in [1.29, 1.82) is 0 Å². The average Bonchev–Trinajstić information content (AvgIpc) is 2.49. The minimum absolute atomic E-state index is 0.358. The Bertz CT molecular complexity index is 490. The summed E-state index contributed by atoms with van der Waals surface area (Å²) in [5.41, 5.74) is 2.61. The molecule has 3 atom stereocenters. The molecule has 1 aromatic rings. The fourth-order valence-corrected chi connectivity index (χ4v) is 3.71. The maximum absolute atomic E-state index is 10.3. The summed E-state index contributed by atoms with van der Waals surface area (Å²) in [6.45, 7) is 12.1. The second kappa shape index (κ2) is 8.16. The largest absolute Gasteiger partial charge is 0.491 e. The summed E-state index contributed by atoms with van der Waals surface area (Å²) >= 11 is 0. The zero-order valence-corrected chi connectivity index (χ0v) is 15.4. The van der Waals surface area contributed by atoms with Crippen molar-refractivity contribution in [2.24, 2.45) is 0 Å². The number of rotatable bonds is 6. The fourth-order valence-electron chi connectivity index (χ4n) is 3.71. The maximum atomic E-state index is 10.3. The number of aliphatic hydroxyl groups is 1. The summed E-state index contributed by atoms with van der Waals surface area (Å²) in [7, 11) is 0. The Labute approximate surface area is 141 Å². The van der Waals surface area contributed by atoms with Gasteiger partial charge < -0.3 is 9.84 Å². The lowest BCUT2D eigenvalue weighted by Crippen LogP contribution is -2.48. The van der Waals surface area contributed by atoms with Crippen LogP contribution in [0.3, 0.4) is 0 Å². The van der Waals surface area contributed by atoms with Gasteiger partial charge in [0.2, 0.25) is 0 Å². The van der Waals surface area contributed by atoms with Gasteiger partial charge in [0.1, 0.15) is 18.5 Å². The number of benzene rings is 1. The number of likely N-dealkylation sites (tertiary alicyclic amines) is 1. The molecular weight excluding hydrogens is 286 g/mol. The monoisotopic (exact) mass is 319 g/mol. The standard InChI is InChI=1S/C20H33NO2/c1-14(2)20-10-9-19(11-15(20)3)23-13-18(22)12-21-16(4)7-6-8-17(21)5/h9-11,14,16-18,22H,6-8,12-13H2,1-5H3/t16-,17-,18-/m0/s1. The van der Waals surface area contributed by atoms with Gasteiger partial charge in [-0.3, -0.25) is 4.90 Å². The molecule has 0 bridgehead atoms. The van der Waals surface area contributed by atoms with E-state index in [-0.39, 0.29) is 0 Å². The third-order valence-corrected chi connectivity index (χ3v) is 5.10. The summed E-state index contributed by atoms with van der Waals surface area (Å²) in [5, 5.41) is 10.3. The second-order valence-corrected chi connectivity index (χ2v) is 7.46. The molecule has 0 aliphatic carbocycles. The summed E-state index contributed by atoms with van der Waals surface area (Å²) < 4.78 is 5.82. The summed E-state index contributed by atoms with van der Waals surface area (Å²) in [5.74, 6) is 1.38. The quantitative estimate of drug-likeness (QED) is 0.856. The van der Waals surface area contributed by atoms with E-state index in [1.807, 2.05) is 6.07 Å². The van der Waals surface area contributed by atoms with Gasteiger partial charge in [0, 0.05) is 18.6 Å². The van der Waals surface area contributed by atoms with Crippen molar-refractivity contribution in [3.63, 3.8) is 0 Å². The Balaban J connectivity index is 1.86. The molecule has 0 aromatic heterocycles. The van der Waals surface area contributed by atoms with E-state index in [2.05, 4.69) is 51.7 Å². The van der Waals surface area contributed by atoms with E-state index < -0.39 is 6.10 Å². The van der Waals surface area contributed by atoms with Gasteiger partial charge in [-0.25, -0.2) is 0 Å². The SMILES string of the molecule is Cc1cc(OC[C@@H](O)CN2[C@@H](C)CCC[C@@H]2C)ccc1C(C)C. The first kappa shape index (κ1) is 18.3. The average molecular weight is 319 g/mol. The van der Waals surface area contributed by atoms with Crippen LogP contribution in [0.25, 0.3) is 0 Å². The van der Waals surface area contributed by atoms with Gasteiger partial charge in [-0.05, 0) is 62.8 Å². The number of aliphatic hydroxyl groups excluding tert-OH is 1. The highest BCUT2D eigenvalue weighted by molar-refractivity contribution is 5.36. The van der Waals surface area contributed by atoms with Crippen LogP contribution in [0, 0.1) is 6.92 Å². The number of aryl methyl sites for hydroxylation is 1.